The van der Waals surface area contributed by atoms with Crippen LogP contribution in [-0.2, 0) is 0 Å². The highest BCUT2D eigenvalue weighted by Gasteiger charge is 2.06. The number of nitrogens with zero attached hydrogens (tertiary/aromatic N) is 1. The third-order valence-electron chi connectivity index (χ3n) is 3.81. The first-order valence-corrected chi connectivity index (χ1v) is 8.53. The number of nitrogens with one attached hydrogen (secondary N) is 1. The Morgan fingerprint density at radius 3 is 2.19 bits per heavy atom. The van der Waals surface area contributed by atoms with Gasteiger partial charge in [0, 0.05) is 23.6 Å². The fourth-order valence-electron chi connectivity index (χ4n) is 2.41. The molecule has 0 saturated carbocycles. The lowest BCUT2D eigenvalue weighted by Crippen LogP contribution is -2.11. The second kappa shape index (κ2) is 9.29. The van der Waals surface area contributed by atoms with Crippen molar-refractivity contribution in [2.75, 3.05) is 18.6 Å². The van der Waals surface area contributed by atoms with Crippen molar-refractivity contribution in [2.24, 2.45) is 0 Å². The molecule has 0 radical (unpaired) electrons. The van der Waals surface area contributed by atoms with Gasteiger partial charge in [-0.25, -0.2) is 4.39 Å². The fourth-order valence-corrected chi connectivity index (χ4v) is 2.41. The Balaban J connectivity index is 1.59. The van der Waals surface area contributed by atoms with Gasteiger partial charge in [0.25, 0.3) is 5.91 Å². The molecule has 27 heavy (non-hydrogen) atoms. The van der Waals surface area contributed by atoms with Gasteiger partial charge in [-0.3, -0.25) is 9.78 Å². The van der Waals surface area contributed by atoms with Gasteiger partial charge in [0.2, 0.25) is 0 Å². The van der Waals surface area contributed by atoms with E-state index in [1.807, 2.05) is 36.4 Å². The molecule has 3 rings (SSSR count). The van der Waals surface area contributed by atoms with Crippen LogP contribution in [0.5, 0.6) is 5.75 Å². The first kappa shape index (κ1) is 18.3. The van der Waals surface area contributed by atoms with Gasteiger partial charge in [-0.05, 0) is 59.7 Å². The fraction of sp³-hybridized carbons (Fsp3) is 0.0909. The number of alkyl halides is 1. The summed E-state index contributed by atoms with van der Waals surface area (Å²) in [6.45, 7) is -0.514. The molecule has 0 aliphatic rings. The number of ether oxygens (including phenoxy) is 1. The number of hydrogen-bond acceptors (Lipinski definition) is 3. The van der Waals surface area contributed by atoms with E-state index >= 15 is 0 Å². The summed E-state index contributed by atoms with van der Waals surface area (Å²) in [5.74, 6) is 0.369. The number of rotatable bonds is 7. The molecule has 3 aromatic rings. The molecule has 5 heteroatoms. The minimum atomic E-state index is -0.535. The van der Waals surface area contributed by atoms with E-state index in [2.05, 4.69) is 10.3 Å². The van der Waals surface area contributed by atoms with Gasteiger partial charge in [0.1, 0.15) is 19.0 Å². The molecule has 0 aliphatic heterocycles. The van der Waals surface area contributed by atoms with E-state index in [0.717, 1.165) is 11.1 Å². The van der Waals surface area contributed by atoms with Crippen LogP contribution in [0.25, 0.3) is 12.2 Å². The van der Waals surface area contributed by atoms with Gasteiger partial charge in [-0.15, -0.1) is 0 Å². The Morgan fingerprint density at radius 2 is 1.56 bits per heavy atom. The Bertz CT molecular complexity index is 892. The molecule has 1 aromatic heterocycles. The molecule has 0 fully saturated rings. The van der Waals surface area contributed by atoms with Crippen molar-refractivity contribution < 1.29 is 13.9 Å². The van der Waals surface area contributed by atoms with Gasteiger partial charge in [-0.1, -0.05) is 24.3 Å². The number of halogens is 1. The minimum Gasteiger partial charge on any atom is -0.491 e. The van der Waals surface area contributed by atoms with Crippen LogP contribution in [-0.4, -0.2) is 24.2 Å². The largest absolute Gasteiger partial charge is 0.491 e. The van der Waals surface area contributed by atoms with Crippen molar-refractivity contribution in [2.45, 2.75) is 0 Å². The van der Waals surface area contributed by atoms with Crippen molar-refractivity contribution in [3.63, 3.8) is 0 Å². The summed E-state index contributed by atoms with van der Waals surface area (Å²) in [6.07, 6.45) is 7.45. The van der Waals surface area contributed by atoms with Gasteiger partial charge >= 0.3 is 0 Å². The molecule has 1 amide bonds. The van der Waals surface area contributed by atoms with E-state index in [1.165, 1.54) is 0 Å². The molecule has 0 bridgehead atoms. The van der Waals surface area contributed by atoms with Crippen molar-refractivity contribution in [3.8, 4) is 5.75 Å². The highest BCUT2D eigenvalue weighted by atomic mass is 19.1. The molecule has 0 saturated heterocycles. The highest BCUT2D eigenvalue weighted by molar-refractivity contribution is 6.04. The highest BCUT2D eigenvalue weighted by Crippen LogP contribution is 2.17. The molecule has 0 atom stereocenters. The number of carbonyl (C=O) groups excluding carboxylic acids is 1. The maximum Gasteiger partial charge on any atom is 0.255 e. The lowest BCUT2D eigenvalue weighted by molar-refractivity contribution is 0.102. The minimum absolute atomic E-state index is 0.0215. The lowest BCUT2D eigenvalue weighted by atomic mass is 10.1. The lowest BCUT2D eigenvalue weighted by Gasteiger charge is -2.07. The third kappa shape index (κ3) is 5.51. The van der Waals surface area contributed by atoms with Crippen LogP contribution in [0, 0.1) is 0 Å². The van der Waals surface area contributed by atoms with Crippen molar-refractivity contribution >= 4 is 23.7 Å². The van der Waals surface area contributed by atoms with Crippen LogP contribution < -0.4 is 10.1 Å². The summed E-state index contributed by atoms with van der Waals surface area (Å²) >= 11 is 0. The number of pyridine rings is 1. The molecule has 0 unspecified atom stereocenters. The molecule has 1 N–H and O–H groups in total. The second-order valence-corrected chi connectivity index (χ2v) is 5.75. The maximum atomic E-state index is 12.3. The van der Waals surface area contributed by atoms with E-state index in [9.17, 15) is 9.18 Å². The van der Waals surface area contributed by atoms with Gasteiger partial charge in [0.05, 0.1) is 0 Å². The standard InChI is InChI=1S/C22H19FN2O2/c23-13-16-27-21-9-7-20(8-10-21)25-22(26)19-5-3-17(4-6-19)1-2-18-11-14-24-15-12-18/h1-12,14-15H,13,16H2,(H,25,26)/b2-1+. The zero-order valence-corrected chi connectivity index (χ0v) is 14.6. The van der Waals surface area contributed by atoms with Crippen LogP contribution >= 0.6 is 0 Å². The van der Waals surface area contributed by atoms with Crippen LogP contribution in [0.3, 0.4) is 0 Å². The van der Waals surface area contributed by atoms with Crippen LogP contribution in [0.15, 0.2) is 73.1 Å². The van der Waals surface area contributed by atoms with Crippen LogP contribution in [0.1, 0.15) is 21.5 Å². The average Bonchev–Trinajstić information content (AvgIpc) is 2.73. The SMILES string of the molecule is O=C(Nc1ccc(OCCF)cc1)c1ccc(/C=C/c2ccncc2)cc1. The number of carbonyl (C=O) groups is 1. The monoisotopic (exact) mass is 362 g/mol. The number of amides is 1. The number of anilines is 1. The predicted octanol–water partition coefficient (Wildman–Crippen LogP) is 4.85. The average molecular weight is 362 g/mol. The van der Waals surface area contributed by atoms with Gasteiger partial charge < -0.3 is 10.1 Å². The second-order valence-electron chi connectivity index (χ2n) is 5.75. The van der Waals surface area contributed by atoms with Crippen molar-refractivity contribution in [3.05, 3.63) is 89.7 Å². The summed E-state index contributed by atoms with van der Waals surface area (Å²) in [5.41, 5.74) is 3.27. The first-order valence-electron chi connectivity index (χ1n) is 8.53. The predicted molar refractivity (Wildman–Crippen MR) is 105 cm³/mol. The summed E-state index contributed by atoms with van der Waals surface area (Å²) in [7, 11) is 0. The molecular formula is C22H19FN2O2. The number of hydrogen-bond donors (Lipinski definition) is 1. The Hall–Kier alpha value is -3.47. The van der Waals surface area contributed by atoms with Gasteiger partial charge in [0.15, 0.2) is 0 Å². The Labute approximate surface area is 157 Å². The molecule has 0 spiro atoms. The first-order chi connectivity index (χ1) is 13.2. The molecule has 136 valence electrons. The van der Waals surface area contributed by atoms with Crippen molar-refractivity contribution in [1.82, 2.24) is 4.98 Å². The summed E-state index contributed by atoms with van der Waals surface area (Å²) < 4.78 is 17.3. The maximum absolute atomic E-state index is 12.3. The summed E-state index contributed by atoms with van der Waals surface area (Å²) in [4.78, 5) is 16.3. The summed E-state index contributed by atoms with van der Waals surface area (Å²) in [5, 5.41) is 2.83. The number of aromatic nitrogens is 1. The van der Waals surface area contributed by atoms with Crippen LogP contribution in [0.4, 0.5) is 10.1 Å². The summed E-state index contributed by atoms with van der Waals surface area (Å²) in [6, 6.07) is 18.0. The number of benzene rings is 2. The molecule has 0 aliphatic carbocycles. The molecule has 4 nitrogen and oxygen atoms in total. The molecule has 2 aromatic carbocycles. The Morgan fingerprint density at radius 1 is 0.926 bits per heavy atom. The quantitative estimate of drug-likeness (QED) is 0.653. The van der Waals surface area contributed by atoms with E-state index in [0.29, 0.717) is 17.0 Å². The van der Waals surface area contributed by atoms with E-state index in [1.54, 1.807) is 48.8 Å². The van der Waals surface area contributed by atoms with E-state index in [4.69, 9.17) is 4.74 Å². The smallest absolute Gasteiger partial charge is 0.255 e. The topological polar surface area (TPSA) is 51.2 Å². The zero-order valence-electron chi connectivity index (χ0n) is 14.6. The van der Waals surface area contributed by atoms with E-state index < -0.39 is 6.67 Å². The third-order valence-corrected chi connectivity index (χ3v) is 3.81. The van der Waals surface area contributed by atoms with Crippen molar-refractivity contribution in [1.29, 1.82) is 0 Å². The van der Waals surface area contributed by atoms with E-state index in [-0.39, 0.29) is 12.5 Å². The van der Waals surface area contributed by atoms with Gasteiger partial charge in [-0.2, -0.15) is 0 Å². The zero-order chi connectivity index (χ0) is 18.9. The normalized spacial score (nSPS) is 10.7. The Kier molecular flexibility index (Phi) is 6.30. The molecular weight excluding hydrogens is 343 g/mol. The molecule has 1 heterocycles. The van der Waals surface area contributed by atoms with Crippen LogP contribution in [0.2, 0.25) is 0 Å².